The van der Waals surface area contributed by atoms with Crippen molar-refractivity contribution in [2.75, 3.05) is 12.4 Å². The first-order valence-electron chi connectivity index (χ1n) is 8.40. The fraction of sp³-hybridized carbons (Fsp3) is 0.200. The third kappa shape index (κ3) is 3.87. The molecule has 7 heteroatoms. The van der Waals surface area contributed by atoms with E-state index >= 15 is 0 Å². The van der Waals surface area contributed by atoms with E-state index in [2.05, 4.69) is 15.5 Å². The van der Waals surface area contributed by atoms with Gasteiger partial charge in [-0.1, -0.05) is 23.8 Å². The molecule has 0 radical (unpaired) electrons. The topological polar surface area (TPSA) is 86.1 Å². The summed E-state index contributed by atoms with van der Waals surface area (Å²) in [7, 11) is 1.31. The van der Waals surface area contributed by atoms with Gasteiger partial charge in [0.05, 0.1) is 24.1 Å². The molecule has 27 heavy (non-hydrogen) atoms. The number of amides is 1. The van der Waals surface area contributed by atoms with E-state index in [0.29, 0.717) is 16.9 Å². The SMILES string of the molecule is COC(=O)c1cccc(NC(=O)c2nn(-c3ccc(C)cc3C)nc2C)c1. The van der Waals surface area contributed by atoms with Crippen molar-refractivity contribution in [2.45, 2.75) is 20.8 Å². The van der Waals surface area contributed by atoms with Gasteiger partial charge in [-0.2, -0.15) is 9.90 Å². The van der Waals surface area contributed by atoms with Crippen LogP contribution in [0.1, 0.15) is 37.7 Å². The van der Waals surface area contributed by atoms with Gasteiger partial charge in [0.1, 0.15) is 0 Å². The lowest BCUT2D eigenvalue weighted by Gasteiger charge is -2.06. The number of esters is 1. The zero-order valence-corrected chi connectivity index (χ0v) is 15.6. The van der Waals surface area contributed by atoms with Crippen molar-refractivity contribution in [3.63, 3.8) is 0 Å². The van der Waals surface area contributed by atoms with Gasteiger partial charge in [-0.3, -0.25) is 4.79 Å². The highest BCUT2D eigenvalue weighted by Crippen LogP contribution is 2.17. The minimum Gasteiger partial charge on any atom is -0.465 e. The van der Waals surface area contributed by atoms with E-state index in [0.717, 1.165) is 16.8 Å². The van der Waals surface area contributed by atoms with Crippen LogP contribution in [0.25, 0.3) is 5.69 Å². The second-order valence-electron chi connectivity index (χ2n) is 6.24. The lowest BCUT2D eigenvalue weighted by atomic mass is 10.1. The van der Waals surface area contributed by atoms with Gasteiger partial charge in [-0.15, -0.1) is 5.10 Å². The minimum atomic E-state index is -0.469. The first-order valence-corrected chi connectivity index (χ1v) is 8.40. The summed E-state index contributed by atoms with van der Waals surface area (Å²) in [5.74, 6) is -0.867. The molecule has 0 aliphatic heterocycles. The smallest absolute Gasteiger partial charge is 0.337 e. The quantitative estimate of drug-likeness (QED) is 0.718. The van der Waals surface area contributed by atoms with Gasteiger partial charge >= 0.3 is 5.97 Å². The number of methoxy groups -OCH3 is 1. The zero-order chi connectivity index (χ0) is 19.6. The Morgan fingerprint density at radius 1 is 1.04 bits per heavy atom. The second kappa shape index (κ2) is 7.41. The molecule has 3 aromatic rings. The van der Waals surface area contributed by atoms with Gasteiger partial charge in [-0.05, 0) is 50.6 Å². The van der Waals surface area contributed by atoms with E-state index < -0.39 is 11.9 Å². The van der Waals surface area contributed by atoms with Crippen LogP contribution in [0.3, 0.4) is 0 Å². The number of carbonyl (C=O) groups is 2. The molecule has 0 aliphatic carbocycles. The average molecular weight is 364 g/mol. The first kappa shape index (κ1) is 18.3. The molecule has 0 spiro atoms. The van der Waals surface area contributed by atoms with Crippen LogP contribution in [0.2, 0.25) is 0 Å². The molecule has 1 N–H and O–H groups in total. The average Bonchev–Trinajstić information content (AvgIpc) is 3.02. The number of benzene rings is 2. The molecular formula is C20H20N4O3. The van der Waals surface area contributed by atoms with Crippen LogP contribution in [0.5, 0.6) is 0 Å². The number of hydrogen-bond donors (Lipinski definition) is 1. The van der Waals surface area contributed by atoms with Crippen molar-refractivity contribution < 1.29 is 14.3 Å². The lowest BCUT2D eigenvalue weighted by molar-refractivity contribution is 0.0600. The van der Waals surface area contributed by atoms with Crippen molar-refractivity contribution in [2.24, 2.45) is 0 Å². The van der Waals surface area contributed by atoms with Gasteiger partial charge in [0.15, 0.2) is 5.69 Å². The number of ether oxygens (including phenoxy) is 1. The van der Waals surface area contributed by atoms with Gasteiger partial charge < -0.3 is 10.1 Å². The largest absolute Gasteiger partial charge is 0.465 e. The van der Waals surface area contributed by atoms with E-state index in [1.807, 2.05) is 32.0 Å². The van der Waals surface area contributed by atoms with Gasteiger partial charge in [0.2, 0.25) is 0 Å². The predicted octanol–water partition coefficient (Wildman–Crippen LogP) is 3.23. The van der Waals surface area contributed by atoms with Crippen molar-refractivity contribution in [3.05, 3.63) is 70.5 Å². The molecule has 0 unspecified atom stereocenters. The summed E-state index contributed by atoms with van der Waals surface area (Å²) in [5.41, 5.74) is 4.53. The van der Waals surface area contributed by atoms with Crippen LogP contribution >= 0.6 is 0 Å². The maximum absolute atomic E-state index is 12.6. The number of aromatic nitrogens is 3. The Hall–Kier alpha value is -3.48. The van der Waals surface area contributed by atoms with E-state index in [4.69, 9.17) is 4.74 Å². The van der Waals surface area contributed by atoms with Crippen molar-refractivity contribution in [1.82, 2.24) is 15.0 Å². The molecule has 7 nitrogen and oxygen atoms in total. The molecule has 138 valence electrons. The molecule has 1 heterocycles. The fourth-order valence-corrected chi connectivity index (χ4v) is 2.76. The summed E-state index contributed by atoms with van der Waals surface area (Å²) in [6.07, 6.45) is 0. The van der Waals surface area contributed by atoms with Crippen molar-refractivity contribution in [1.29, 1.82) is 0 Å². The normalized spacial score (nSPS) is 10.5. The van der Waals surface area contributed by atoms with Crippen LogP contribution in [-0.4, -0.2) is 34.0 Å². The molecule has 0 saturated heterocycles. The molecule has 0 fully saturated rings. The summed E-state index contributed by atoms with van der Waals surface area (Å²) in [6.45, 7) is 5.71. The lowest BCUT2D eigenvalue weighted by Crippen LogP contribution is -2.15. The van der Waals surface area contributed by atoms with Crippen LogP contribution in [-0.2, 0) is 4.74 Å². The second-order valence-corrected chi connectivity index (χ2v) is 6.24. The highest BCUT2D eigenvalue weighted by molar-refractivity contribution is 6.04. The molecule has 1 aromatic heterocycles. The molecule has 0 atom stereocenters. The van der Waals surface area contributed by atoms with Crippen molar-refractivity contribution in [3.8, 4) is 5.69 Å². The van der Waals surface area contributed by atoms with E-state index in [1.165, 1.54) is 11.9 Å². The maximum Gasteiger partial charge on any atom is 0.337 e. The zero-order valence-electron chi connectivity index (χ0n) is 15.6. The fourth-order valence-electron chi connectivity index (χ4n) is 2.76. The maximum atomic E-state index is 12.6. The summed E-state index contributed by atoms with van der Waals surface area (Å²) in [5, 5.41) is 11.5. The Balaban J connectivity index is 1.86. The molecule has 1 amide bonds. The number of rotatable bonds is 4. The van der Waals surface area contributed by atoms with Crippen LogP contribution in [0.15, 0.2) is 42.5 Å². The van der Waals surface area contributed by atoms with E-state index in [1.54, 1.807) is 31.2 Å². The number of carbonyl (C=O) groups excluding carboxylic acids is 2. The van der Waals surface area contributed by atoms with Crippen molar-refractivity contribution >= 4 is 17.6 Å². The van der Waals surface area contributed by atoms with E-state index in [-0.39, 0.29) is 5.69 Å². The van der Waals surface area contributed by atoms with Crippen LogP contribution < -0.4 is 5.32 Å². The number of nitrogens with zero attached hydrogens (tertiary/aromatic N) is 3. The number of aryl methyl sites for hydroxylation is 3. The van der Waals surface area contributed by atoms with Gasteiger partial charge in [0.25, 0.3) is 5.91 Å². The molecule has 2 aromatic carbocycles. The Bertz CT molecular complexity index is 1020. The Labute approximate surface area is 157 Å². The molecule has 3 rings (SSSR count). The number of anilines is 1. The molecule has 0 bridgehead atoms. The van der Waals surface area contributed by atoms with Gasteiger partial charge in [-0.25, -0.2) is 4.79 Å². The monoisotopic (exact) mass is 364 g/mol. The summed E-state index contributed by atoms with van der Waals surface area (Å²) >= 11 is 0. The van der Waals surface area contributed by atoms with E-state index in [9.17, 15) is 9.59 Å². The van der Waals surface area contributed by atoms with Crippen LogP contribution in [0, 0.1) is 20.8 Å². The standard InChI is InChI=1S/C20H20N4O3/c1-12-8-9-17(13(2)10-12)24-22-14(3)18(23-24)19(25)21-16-7-5-6-15(11-16)20(26)27-4/h5-11H,1-4H3,(H,21,25). The third-order valence-electron chi connectivity index (χ3n) is 4.11. The number of nitrogens with one attached hydrogen (secondary N) is 1. The Morgan fingerprint density at radius 2 is 1.81 bits per heavy atom. The Kier molecular flexibility index (Phi) is 5.03. The summed E-state index contributed by atoms with van der Waals surface area (Å²) in [6, 6.07) is 12.4. The third-order valence-corrected chi connectivity index (χ3v) is 4.11. The Morgan fingerprint density at radius 3 is 2.52 bits per heavy atom. The molecule has 0 saturated carbocycles. The van der Waals surface area contributed by atoms with Gasteiger partial charge in [0, 0.05) is 5.69 Å². The molecule has 0 aliphatic rings. The highest BCUT2D eigenvalue weighted by atomic mass is 16.5. The predicted molar refractivity (Wildman–Crippen MR) is 101 cm³/mol. The number of hydrogen-bond acceptors (Lipinski definition) is 5. The first-order chi connectivity index (χ1) is 12.9. The summed E-state index contributed by atoms with van der Waals surface area (Å²) in [4.78, 5) is 25.7. The van der Waals surface area contributed by atoms with Crippen LogP contribution in [0.4, 0.5) is 5.69 Å². The highest BCUT2D eigenvalue weighted by Gasteiger charge is 2.18. The minimum absolute atomic E-state index is 0.221. The molecular weight excluding hydrogens is 344 g/mol. The summed E-state index contributed by atoms with van der Waals surface area (Å²) < 4.78 is 4.69.